The number of imidazole rings is 1. The fourth-order valence-electron chi connectivity index (χ4n) is 4.42. The minimum absolute atomic E-state index is 0.0558. The molecular formula is C26H22N2O4. The van der Waals surface area contributed by atoms with Gasteiger partial charge < -0.3 is 14.4 Å². The average Bonchev–Trinajstić information content (AvgIpc) is 3.19. The topological polar surface area (TPSA) is 81.4 Å². The molecule has 1 aromatic heterocycles. The largest absolute Gasteiger partial charge is 0.478 e. The van der Waals surface area contributed by atoms with E-state index in [1.807, 2.05) is 36.4 Å². The van der Waals surface area contributed by atoms with Crippen LogP contribution in [-0.4, -0.2) is 26.6 Å². The second-order valence-electron chi connectivity index (χ2n) is 7.91. The minimum atomic E-state index is -1.15. The van der Waals surface area contributed by atoms with Crippen LogP contribution in [-0.2, 0) is 24.1 Å². The van der Waals surface area contributed by atoms with E-state index in [1.54, 1.807) is 12.1 Å². The number of hydrogen-bond acceptors (Lipinski definition) is 4. The summed E-state index contributed by atoms with van der Waals surface area (Å²) in [4.78, 5) is 29.2. The fourth-order valence-corrected chi connectivity index (χ4v) is 4.42. The van der Waals surface area contributed by atoms with Crippen molar-refractivity contribution >= 4 is 23.0 Å². The average molecular weight is 426 g/mol. The Bertz CT molecular complexity index is 1310. The molecular weight excluding hydrogens is 404 g/mol. The van der Waals surface area contributed by atoms with E-state index in [0.717, 1.165) is 35.3 Å². The molecule has 5 rings (SSSR count). The van der Waals surface area contributed by atoms with Gasteiger partial charge in [-0.15, -0.1) is 0 Å². The lowest BCUT2D eigenvalue weighted by Gasteiger charge is -2.25. The zero-order chi connectivity index (χ0) is 22.1. The number of aryl methyl sites for hydroxylation is 3. The summed E-state index contributed by atoms with van der Waals surface area (Å²) in [5.41, 5.74) is 4.07. The molecule has 0 bridgehead atoms. The molecule has 0 aliphatic carbocycles. The van der Waals surface area contributed by atoms with Crippen molar-refractivity contribution in [1.29, 1.82) is 0 Å². The molecule has 0 amide bonds. The van der Waals surface area contributed by atoms with Crippen LogP contribution in [0.1, 0.15) is 50.2 Å². The lowest BCUT2D eigenvalue weighted by atomic mass is 10.0. The first-order valence-electron chi connectivity index (χ1n) is 10.7. The van der Waals surface area contributed by atoms with Crippen molar-refractivity contribution in [2.75, 3.05) is 0 Å². The van der Waals surface area contributed by atoms with Crippen LogP contribution in [0.15, 0.2) is 72.8 Å². The van der Waals surface area contributed by atoms with E-state index in [4.69, 9.17) is 9.72 Å². The molecule has 2 heterocycles. The normalized spacial score (nSPS) is 14.9. The van der Waals surface area contributed by atoms with Gasteiger partial charge in [0.25, 0.3) is 0 Å². The summed E-state index contributed by atoms with van der Waals surface area (Å²) in [7, 11) is 0. The first kappa shape index (κ1) is 20.0. The van der Waals surface area contributed by atoms with Gasteiger partial charge in [0.2, 0.25) is 0 Å². The van der Waals surface area contributed by atoms with Gasteiger partial charge in [-0.05, 0) is 30.2 Å². The number of carboxylic acids is 1. The van der Waals surface area contributed by atoms with Crippen LogP contribution >= 0.6 is 0 Å². The number of aromatic carboxylic acids is 1. The molecule has 1 atom stereocenters. The van der Waals surface area contributed by atoms with Gasteiger partial charge >= 0.3 is 11.9 Å². The molecule has 0 spiro atoms. The van der Waals surface area contributed by atoms with Gasteiger partial charge in [-0.3, -0.25) is 0 Å². The van der Waals surface area contributed by atoms with Gasteiger partial charge in [-0.1, -0.05) is 54.6 Å². The van der Waals surface area contributed by atoms with Crippen LogP contribution in [0.25, 0.3) is 11.0 Å². The third-order valence-corrected chi connectivity index (χ3v) is 5.95. The highest BCUT2D eigenvalue weighted by molar-refractivity contribution is 6.02. The molecule has 0 fully saturated rings. The maximum Gasteiger partial charge on any atom is 0.339 e. The Morgan fingerprint density at radius 3 is 2.47 bits per heavy atom. The highest BCUT2D eigenvalue weighted by Gasteiger charge is 2.29. The number of carbonyl (C=O) groups is 2. The van der Waals surface area contributed by atoms with Crippen LogP contribution in [0, 0.1) is 0 Å². The lowest BCUT2D eigenvalue weighted by Crippen LogP contribution is -2.21. The van der Waals surface area contributed by atoms with Crippen molar-refractivity contribution in [2.24, 2.45) is 0 Å². The molecule has 160 valence electrons. The van der Waals surface area contributed by atoms with Gasteiger partial charge in [0.05, 0.1) is 22.2 Å². The van der Waals surface area contributed by atoms with E-state index < -0.39 is 18.0 Å². The van der Waals surface area contributed by atoms with Crippen molar-refractivity contribution < 1.29 is 19.4 Å². The summed E-state index contributed by atoms with van der Waals surface area (Å²) in [6.45, 7) is 0.691. The highest BCUT2D eigenvalue weighted by Crippen LogP contribution is 2.35. The first-order chi connectivity index (χ1) is 15.6. The lowest BCUT2D eigenvalue weighted by molar-refractivity contribution is 0.0253. The number of esters is 1. The Morgan fingerprint density at radius 2 is 1.69 bits per heavy atom. The van der Waals surface area contributed by atoms with E-state index in [9.17, 15) is 14.7 Å². The predicted molar refractivity (Wildman–Crippen MR) is 120 cm³/mol. The molecule has 1 aliphatic rings. The zero-order valence-electron chi connectivity index (χ0n) is 17.4. The first-order valence-corrected chi connectivity index (χ1v) is 10.7. The number of nitrogens with zero attached hydrogens (tertiary/aromatic N) is 2. The Balaban J connectivity index is 1.42. The molecule has 6 heteroatoms. The van der Waals surface area contributed by atoms with Gasteiger partial charge in [0, 0.05) is 24.9 Å². The molecule has 0 radical (unpaired) electrons. The van der Waals surface area contributed by atoms with E-state index in [0.29, 0.717) is 13.0 Å². The van der Waals surface area contributed by atoms with Crippen molar-refractivity contribution in [2.45, 2.75) is 31.9 Å². The zero-order valence-corrected chi connectivity index (χ0v) is 17.4. The molecule has 4 aromatic rings. The smallest absolute Gasteiger partial charge is 0.339 e. The summed E-state index contributed by atoms with van der Waals surface area (Å²) >= 11 is 0. The van der Waals surface area contributed by atoms with E-state index in [1.165, 1.54) is 17.7 Å². The molecule has 6 nitrogen and oxygen atoms in total. The number of para-hydroxylation sites is 1. The SMILES string of the molecule is O=C(O)c1ccccc1C(=O)OC1CCn2c(CCc3ccccc3)nc3cccc1c32. The van der Waals surface area contributed by atoms with Crippen LogP contribution in [0.5, 0.6) is 0 Å². The minimum Gasteiger partial charge on any atom is -0.478 e. The van der Waals surface area contributed by atoms with Crippen molar-refractivity contribution in [3.05, 3.63) is 101 Å². The molecule has 1 aliphatic heterocycles. The van der Waals surface area contributed by atoms with Crippen molar-refractivity contribution in [1.82, 2.24) is 9.55 Å². The second kappa shape index (κ2) is 8.30. The fraction of sp³-hybridized carbons (Fsp3) is 0.192. The molecule has 32 heavy (non-hydrogen) atoms. The molecule has 3 aromatic carbocycles. The maximum absolute atomic E-state index is 12.8. The number of carbonyl (C=O) groups excluding carboxylic acids is 1. The van der Waals surface area contributed by atoms with Crippen LogP contribution in [0.3, 0.4) is 0 Å². The van der Waals surface area contributed by atoms with Crippen LogP contribution in [0.4, 0.5) is 0 Å². The molecule has 1 unspecified atom stereocenters. The third kappa shape index (κ3) is 3.64. The number of aromatic nitrogens is 2. The van der Waals surface area contributed by atoms with E-state index >= 15 is 0 Å². The van der Waals surface area contributed by atoms with Gasteiger partial charge in [-0.2, -0.15) is 0 Å². The summed E-state index contributed by atoms with van der Waals surface area (Å²) in [5, 5.41) is 9.39. The van der Waals surface area contributed by atoms with Crippen molar-refractivity contribution in [3.8, 4) is 0 Å². The summed E-state index contributed by atoms with van der Waals surface area (Å²) in [6.07, 6.45) is 1.90. The van der Waals surface area contributed by atoms with E-state index in [-0.39, 0.29) is 11.1 Å². The summed E-state index contributed by atoms with van der Waals surface area (Å²) in [6, 6.07) is 22.3. The monoisotopic (exact) mass is 426 g/mol. The molecule has 1 N–H and O–H groups in total. The van der Waals surface area contributed by atoms with Crippen molar-refractivity contribution in [3.63, 3.8) is 0 Å². The summed E-state index contributed by atoms with van der Waals surface area (Å²) < 4.78 is 8.04. The Morgan fingerprint density at radius 1 is 0.938 bits per heavy atom. The highest BCUT2D eigenvalue weighted by atomic mass is 16.5. The Labute approximate surface area is 185 Å². The number of carboxylic acid groups (broad SMARTS) is 1. The third-order valence-electron chi connectivity index (χ3n) is 5.95. The number of benzene rings is 3. The summed E-state index contributed by atoms with van der Waals surface area (Å²) in [5.74, 6) is -0.746. The standard InChI is InChI=1S/C26H22N2O4/c29-25(30)18-9-4-5-10-19(18)26(31)32-22-15-16-28-23(14-13-17-7-2-1-3-8-17)27-21-12-6-11-20(22)24(21)28/h1-12,22H,13-16H2,(H,29,30). The number of rotatable bonds is 6. The number of ether oxygens (including phenoxy) is 1. The number of hydrogen-bond donors (Lipinski definition) is 1. The molecule has 0 saturated heterocycles. The second-order valence-corrected chi connectivity index (χ2v) is 7.91. The predicted octanol–water partition coefficient (Wildman–Crippen LogP) is 4.82. The Kier molecular flexibility index (Phi) is 5.19. The van der Waals surface area contributed by atoms with E-state index in [2.05, 4.69) is 16.7 Å². The quantitative estimate of drug-likeness (QED) is 0.447. The van der Waals surface area contributed by atoms with Gasteiger partial charge in [0.15, 0.2) is 0 Å². The van der Waals surface area contributed by atoms with Gasteiger partial charge in [0.1, 0.15) is 11.9 Å². The van der Waals surface area contributed by atoms with Gasteiger partial charge in [-0.25, -0.2) is 14.6 Å². The maximum atomic E-state index is 12.8. The van der Waals surface area contributed by atoms with Crippen LogP contribution < -0.4 is 0 Å². The molecule has 0 saturated carbocycles. The Hall–Kier alpha value is -3.93. The van der Waals surface area contributed by atoms with Crippen LogP contribution in [0.2, 0.25) is 0 Å².